The zero-order chi connectivity index (χ0) is 6.69. The molecule has 0 radical (unpaired) electrons. The van der Waals surface area contributed by atoms with E-state index in [1.54, 1.807) is 12.1 Å². The van der Waals surface area contributed by atoms with Gasteiger partial charge in [0.1, 0.15) is 13.7 Å². The van der Waals surface area contributed by atoms with Crippen LogP contribution in [0.1, 0.15) is 5.56 Å². The van der Waals surface area contributed by atoms with Crippen LogP contribution in [-0.4, -0.2) is 7.85 Å². The molecule has 1 aromatic carbocycles. The molecule has 0 atom stereocenters. The van der Waals surface area contributed by atoms with E-state index in [4.69, 9.17) is 0 Å². The molecule has 0 spiro atoms. The van der Waals surface area contributed by atoms with Crippen molar-refractivity contribution >= 4 is 7.85 Å². The minimum Gasteiger partial charge on any atom is -0.207 e. The summed E-state index contributed by atoms with van der Waals surface area (Å²) in [6, 6.07) is 6.84. The van der Waals surface area contributed by atoms with Crippen molar-refractivity contribution in [1.82, 2.24) is 0 Å². The van der Waals surface area contributed by atoms with Crippen molar-refractivity contribution in [3.05, 3.63) is 35.6 Å². The van der Waals surface area contributed by atoms with Crippen LogP contribution in [0.5, 0.6) is 0 Å². The molecule has 0 aliphatic heterocycles. The third kappa shape index (κ3) is 1.32. The summed E-state index contributed by atoms with van der Waals surface area (Å²) in [5, 5.41) is 0. The number of halogens is 1. The summed E-state index contributed by atoms with van der Waals surface area (Å²) in [6.45, 7) is 0. The number of benzene rings is 1. The van der Waals surface area contributed by atoms with Crippen molar-refractivity contribution < 1.29 is 4.39 Å². The minimum atomic E-state index is -0.0972. The summed E-state index contributed by atoms with van der Waals surface area (Å²) in [4.78, 5) is 0. The van der Waals surface area contributed by atoms with E-state index in [1.165, 1.54) is 6.07 Å². The van der Waals surface area contributed by atoms with Crippen LogP contribution in [0.2, 0.25) is 0 Å². The maximum Gasteiger partial charge on any atom is 0.125 e. The highest BCUT2D eigenvalue weighted by Gasteiger charge is 1.93. The molecule has 0 bridgehead atoms. The van der Waals surface area contributed by atoms with Crippen molar-refractivity contribution in [2.75, 3.05) is 0 Å². The van der Waals surface area contributed by atoms with Gasteiger partial charge in [-0.05, 0) is 11.6 Å². The summed E-state index contributed by atoms with van der Waals surface area (Å²) in [7, 11) is 1.94. The predicted molar refractivity (Wildman–Crippen MR) is 38.6 cm³/mol. The fraction of sp³-hybridized carbons (Fsp3) is 0.143. The monoisotopic (exact) mass is 122 g/mol. The maximum atomic E-state index is 12.6. The highest BCUT2D eigenvalue weighted by atomic mass is 19.1. The molecule has 0 aliphatic carbocycles. The first-order valence-electron chi connectivity index (χ1n) is 3.08. The first-order valence-corrected chi connectivity index (χ1v) is 3.08. The average molecular weight is 122 g/mol. The molecular formula is C7H8BF. The molecule has 0 fully saturated rings. The molecule has 0 N–H and O–H groups in total. The zero-order valence-electron chi connectivity index (χ0n) is 5.39. The molecule has 0 aliphatic rings. The van der Waals surface area contributed by atoms with E-state index in [9.17, 15) is 4.39 Å². The summed E-state index contributed by atoms with van der Waals surface area (Å²) in [6.07, 6.45) is 0.771. The lowest BCUT2D eigenvalue weighted by atomic mass is 9.97. The van der Waals surface area contributed by atoms with Crippen molar-refractivity contribution in [3.8, 4) is 0 Å². The van der Waals surface area contributed by atoms with Gasteiger partial charge in [0.05, 0.1) is 0 Å². The Morgan fingerprint density at radius 1 is 1.33 bits per heavy atom. The molecule has 9 heavy (non-hydrogen) atoms. The highest BCUT2D eigenvalue weighted by Crippen LogP contribution is 2.04. The van der Waals surface area contributed by atoms with Crippen LogP contribution in [0.15, 0.2) is 24.3 Å². The first kappa shape index (κ1) is 6.34. The molecule has 0 nitrogen and oxygen atoms in total. The Morgan fingerprint density at radius 2 is 2.00 bits per heavy atom. The lowest BCUT2D eigenvalue weighted by Crippen LogP contribution is -1.87. The van der Waals surface area contributed by atoms with Crippen LogP contribution in [0.25, 0.3) is 0 Å². The van der Waals surface area contributed by atoms with Crippen molar-refractivity contribution in [2.24, 2.45) is 0 Å². The van der Waals surface area contributed by atoms with Crippen molar-refractivity contribution in [1.29, 1.82) is 0 Å². The average Bonchev–Trinajstić information content (AvgIpc) is 1.89. The molecule has 2 heteroatoms. The minimum absolute atomic E-state index is 0.0972. The predicted octanol–water partition coefficient (Wildman–Crippen LogP) is 0.959. The molecule has 0 amide bonds. The maximum absolute atomic E-state index is 12.6. The Morgan fingerprint density at radius 3 is 2.44 bits per heavy atom. The molecule has 46 valence electrons. The van der Waals surface area contributed by atoms with Gasteiger partial charge in [-0.25, -0.2) is 4.39 Å². The van der Waals surface area contributed by atoms with Crippen LogP contribution >= 0.6 is 0 Å². The SMILES string of the molecule is BCc1ccccc1F. The number of hydrogen-bond acceptors (Lipinski definition) is 0. The molecule has 1 rings (SSSR count). The lowest BCUT2D eigenvalue weighted by molar-refractivity contribution is 0.617. The van der Waals surface area contributed by atoms with Crippen LogP contribution in [0.4, 0.5) is 4.39 Å². The fourth-order valence-corrected chi connectivity index (χ4v) is 0.785. The topological polar surface area (TPSA) is 0 Å². The van der Waals surface area contributed by atoms with Gasteiger partial charge in [0.15, 0.2) is 0 Å². The lowest BCUT2D eigenvalue weighted by Gasteiger charge is -1.94. The molecule has 0 heterocycles. The Bertz CT molecular complexity index is 198. The van der Waals surface area contributed by atoms with Gasteiger partial charge in [-0.2, -0.15) is 0 Å². The normalized spacial score (nSPS) is 9.44. The van der Waals surface area contributed by atoms with E-state index in [0.717, 1.165) is 11.9 Å². The van der Waals surface area contributed by atoms with Crippen LogP contribution < -0.4 is 0 Å². The third-order valence-electron chi connectivity index (χ3n) is 1.34. The van der Waals surface area contributed by atoms with Gasteiger partial charge in [0.25, 0.3) is 0 Å². The second-order valence-corrected chi connectivity index (χ2v) is 1.94. The molecule has 0 saturated heterocycles. The molecule has 1 aromatic rings. The van der Waals surface area contributed by atoms with Crippen LogP contribution in [0, 0.1) is 5.82 Å². The summed E-state index contributed by atoms with van der Waals surface area (Å²) in [5.74, 6) is -0.0972. The fourth-order valence-electron chi connectivity index (χ4n) is 0.785. The van der Waals surface area contributed by atoms with E-state index in [2.05, 4.69) is 0 Å². The van der Waals surface area contributed by atoms with Crippen LogP contribution in [-0.2, 0) is 6.32 Å². The standard InChI is InChI=1S/C7H8BF/c8-5-6-3-1-2-4-7(6)9/h1-4H,5,8H2. The highest BCUT2D eigenvalue weighted by molar-refractivity contribution is 6.08. The molecular weight excluding hydrogens is 114 g/mol. The number of rotatable bonds is 1. The van der Waals surface area contributed by atoms with E-state index < -0.39 is 0 Å². The van der Waals surface area contributed by atoms with Gasteiger partial charge in [-0.3, -0.25) is 0 Å². The van der Waals surface area contributed by atoms with Gasteiger partial charge in [-0.15, -0.1) is 0 Å². The molecule has 0 saturated carbocycles. The van der Waals surface area contributed by atoms with E-state index in [0.29, 0.717) is 0 Å². The molecule has 0 unspecified atom stereocenters. The summed E-state index contributed by atoms with van der Waals surface area (Å²) >= 11 is 0. The largest absolute Gasteiger partial charge is 0.207 e. The van der Waals surface area contributed by atoms with E-state index in [-0.39, 0.29) is 5.82 Å². The first-order chi connectivity index (χ1) is 4.34. The van der Waals surface area contributed by atoms with E-state index in [1.807, 2.05) is 13.9 Å². The van der Waals surface area contributed by atoms with Gasteiger partial charge in [0.2, 0.25) is 0 Å². The quantitative estimate of drug-likeness (QED) is 0.486. The zero-order valence-corrected chi connectivity index (χ0v) is 5.39. The number of hydrogen-bond donors (Lipinski definition) is 0. The Labute approximate surface area is 55.1 Å². The van der Waals surface area contributed by atoms with Crippen LogP contribution in [0.3, 0.4) is 0 Å². The van der Waals surface area contributed by atoms with Gasteiger partial charge < -0.3 is 0 Å². The van der Waals surface area contributed by atoms with Gasteiger partial charge in [-0.1, -0.05) is 24.5 Å². The third-order valence-corrected chi connectivity index (χ3v) is 1.34. The second-order valence-electron chi connectivity index (χ2n) is 1.94. The summed E-state index contributed by atoms with van der Waals surface area (Å²) < 4.78 is 12.6. The smallest absolute Gasteiger partial charge is 0.125 e. The van der Waals surface area contributed by atoms with E-state index >= 15 is 0 Å². The van der Waals surface area contributed by atoms with Crippen molar-refractivity contribution in [3.63, 3.8) is 0 Å². The second kappa shape index (κ2) is 2.67. The Hall–Kier alpha value is -0.785. The summed E-state index contributed by atoms with van der Waals surface area (Å²) in [5.41, 5.74) is 0.789. The Kier molecular flexibility index (Phi) is 1.88. The Balaban J connectivity index is 3.01. The van der Waals surface area contributed by atoms with Crippen molar-refractivity contribution in [2.45, 2.75) is 6.32 Å². The molecule has 0 aromatic heterocycles. The van der Waals surface area contributed by atoms with Gasteiger partial charge >= 0.3 is 0 Å². The van der Waals surface area contributed by atoms with Gasteiger partial charge in [0, 0.05) is 0 Å².